The zero-order valence-corrected chi connectivity index (χ0v) is 14.5. The van der Waals surface area contributed by atoms with Crippen molar-refractivity contribution in [1.82, 2.24) is 4.31 Å². The fourth-order valence-electron chi connectivity index (χ4n) is 2.06. The van der Waals surface area contributed by atoms with Gasteiger partial charge in [-0.15, -0.1) is 22.9 Å². The summed E-state index contributed by atoms with van der Waals surface area (Å²) in [6.07, 6.45) is 1.57. The van der Waals surface area contributed by atoms with Gasteiger partial charge >= 0.3 is 0 Å². The third-order valence-corrected chi connectivity index (χ3v) is 7.15. The van der Waals surface area contributed by atoms with Crippen LogP contribution in [0, 0.1) is 0 Å². The maximum absolute atomic E-state index is 12.8. The normalized spacial score (nSPS) is 12.5. The average Bonchev–Trinajstić information content (AvgIpc) is 2.93. The lowest BCUT2D eigenvalue weighted by Crippen LogP contribution is -2.41. The van der Waals surface area contributed by atoms with Crippen LogP contribution in [0.5, 0.6) is 0 Å². The zero-order valence-electron chi connectivity index (χ0n) is 12.1. The Hall–Kier alpha value is -0.140. The summed E-state index contributed by atoms with van der Waals surface area (Å²) < 4.78 is 32.5. The summed E-state index contributed by atoms with van der Waals surface area (Å²) in [7, 11) is -1.89. The Morgan fingerprint density at radius 3 is 2.45 bits per heavy atom. The summed E-state index contributed by atoms with van der Waals surface area (Å²) in [5.41, 5.74) is 0. The van der Waals surface area contributed by atoms with E-state index in [1.807, 2.05) is 13.8 Å². The molecule has 0 amide bonds. The molecule has 0 aliphatic rings. The van der Waals surface area contributed by atoms with Gasteiger partial charge in [-0.05, 0) is 25.0 Å². The van der Waals surface area contributed by atoms with Crippen LogP contribution in [-0.4, -0.2) is 39.0 Å². The van der Waals surface area contributed by atoms with E-state index in [9.17, 15) is 8.42 Å². The molecule has 0 N–H and O–H groups in total. The van der Waals surface area contributed by atoms with E-state index in [2.05, 4.69) is 0 Å². The number of hydrogen-bond acceptors (Lipinski definition) is 4. The standard InChI is InChI=1S/C13H22ClNO3S2/c1-4-11(5-2)15(8-9-18-3)20(16,17)13-7-6-12(10-14)19-13/h6-7,11H,4-5,8-10H2,1-3H3. The van der Waals surface area contributed by atoms with Crippen LogP contribution in [-0.2, 0) is 20.6 Å². The number of ether oxygens (including phenoxy) is 1. The summed E-state index contributed by atoms with van der Waals surface area (Å²) in [5.74, 6) is 0.337. The van der Waals surface area contributed by atoms with E-state index in [1.165, 1.54) is 11.3 Å². The summed E-state index contributed by atoms with van der Waals surface area (Å²) in [6.45, 7) is 4.77. The first-order valence-corrected chi connectivity index (χ1v) is 9.45. The molecule has 0 saturated heterocycles. The van der Waals surface area contributed by atoms with Crippen molar-refractivity contribution >= 4 is 33.0 Å². The average molecular weight is 340 g/mol. The highest BCUT2D eigenvalue weighted by molar-refractivity contribution is 7.91. The van der Waals surface area contributed by atoms with Crippen molar-refractivity contribution in [2.75, 3.05) is 20.3 Å². The van der Waals surface area contributed by atoms with E-state index < -0.39 is 10.0 Å². The number of rotatable bonds is 9. The van der Waals surface area contributed by atoms with Crippen LogP contribution >= 0.6 is 22.9 Å². The minimum Gasteiger partial charge on any atom is -0.383 e. The number of halogens is 1. The van der Waals surface area contributed by atoms with Crippen LogP contribution in [0.25, 0.3) is 0 Å². The minimum atomic E-state index is -3.47. The van der Waals surface area contributed by atoms with Gasteiger partial charge in [-0.2, -0.15) is 4.31 Å². The molecule has 0 aliphatic carbocycles. The van der Waals surface area contributed by atoms with Gasteiger partial charge in [-0.1, -0.05) is 13.8 Å². The lowest BCUT2D eigenvalue weighted by molar-refractivity contribution is 0.163. The molecular formula is C13H22ClNO3S2. The largest absolute Gasteiger partial charge is 0.383 e. The Morgan fingerprint density at radius 1 is 1.35 bits per heavy atom. The second-order valence-corrected chi connectivity index (χ2v) is 7.99. The number of thiophene rings is 1. The van der Waals surface area contributed by atoms with Gasteiger partial charge in [-0.25, -0.2) is 8.42 Å². The molecule has 0 atom stereocenters. The first-order valence-electron chi connectivity index (χ1n) is 6.66. The second-order valence-electron chi connectivity index (χ2n) is 4.43. The molecule has 0 bridgehead atoms. The zero-order chi connectivity index (χ0) is 15.2. The SMILES string of the molecule is CCC(CC)N(CCOC)S(=O)(=O)c1ccc(CCl)s1. The quantitative estimate of drug-likeness (QED) is 0.648. The van der Waals surface area contributed by atoms with Gasteiger partial charge in [0.1, 0.15) is 4.21 Å². The summed E-state index contributed by atoms with van der Waals surface area (Å²) in [6, 6.07) is 3.41. The molecule has 116 valence electrons. The number of alkyl halides is 1. The second kappa shape index (κ2) is 8.34. The van der Waals surface area contributed by atoms with Crippen LogP contribution in [0.4, 0.5) is 0 Å². The molecule has 7 heteroatoms. The highest BCUT2D eigenvalue weighted by Crippen LogP contribution is 2.28. The van der Waals surface area contributed by atoms with Crippen molar-refractivity contribution in [3.8, 4) is 0 Å². The van der Waals surface area contributed by atoms with Crippen molar-refractivity contribution in [2.24, 2.45) is 0 Å². The number of sulfonamides is 1. The number of hydrogen-bond donors (Lipinski definition) is 0. The molecule has 0 aromatic carbocycles. The van der Waals surface area contributed by atoms with Gasteiger partial charge in [0.05, 0.1) is 12.5 Å². The molecule has 0 saturated carbocycles. The Balaban J connectivity index is 3.08. The molecule has 1 heterocycles. The van der Waals surface area contributed by atoms with Crippen LogP contribution in [0.2, 0.25) is 0 Å². The van der Waals surface area contributed by atoms with Crippen molar-refractivity contribution in [3.05, 3.63) is 17.0 Å². The Labute approximate surface area is 130 Å². The van der Waals surface area contributed by atoms with Crippen molar-refractivity contribution in [1.29, 1.82) is 0 Å². The molecule has 1 rings (SSSR count). The van der Waals surface area contributed by atoms with Gasteiger partial charge in [0.25, 0.3) is 10.0 Å². The Morgan fingerprint density at radius 2 is 2.00 bits per heavy atom. The molecule has 4 nitrogen and oxygen atoms in total. The van der Waals surface area contributed by atoms with Gasteiger partial charge in [0.2, 0.25) is 0 Å². The topological polar surface area (TPSA) is 46.6 Å². The monoisotopic (exact) mass is 339 g/mol. The van der Waals surface area contributed by atoms with Crippen LogP contribution in [0.15, 0.2) is 16.3 Å². The van der Waals surface area contributed by atoms with E-state index in [0.29, 0.717) is 23.2 Å². The van der Waals surface area contributed by atoms with Gasteiger partial charge < -0.3 is 4.74 Å². The summed E-state index contributed by atoms with van der Waals surface area (Å²) in [4.78, 5) is 0.862. The van der Waals surface area contributed by atoms with E-state index in [1.54, 1.807) is 23.5 Å². The third-order valence-electron chi connectivity index (χ3n) is 3.20. The van der Waals surface area contributed by atoms with E-state index in [0.717, 1.165) is 17.7 Å². The summed E-state index contributed by atoms with van der Waals surface area (Å²) >= 11 is 6.99. The molecule has 0 unspecified atom stereocenters. The lowest BCUT2D eigenvalue weighted by Gasteiger charge is -2.28. The molecule has 0 spiro atoms. The molecule has 1 aromatic rings. The minimum absolute atomic E-state index is 0.00305. The molecule has 0 fully saturated rings. The van der Waals surface area contributed by atoms with Crippen LogP contribution in [0.3, 0.4) is 0 Å². The first kappa shape index (κ1) is 17.9. The van der Waals surface area contributed by atoms with Crippen molar-refractivity contribution in [3.63, 3.8) is 0 Å². The third kappa shape index (κ3) is 4.18. The predicted molar refractivity (Wildman–Crippen MR) is 84.0 cm³/mol. The number of nitrogens with zero attached hydrogens (tertiary/aromatic N) is 1. The van der Waals surface area contributed by atoms with Gasteiger partial charge in [0.15, 0.2) is 0 Å². The number of methoxy groups -OCH3 is 1. The van der Waals surface area contributed by atoms with E-state index in [4.69, 9.17) is 16.3 Å². The van der Waals surface area contributed by atoms with Crippen molar-refractivity contribution < 1.29 is 13.2 Å². The Bertz CT molecular complexity index is 497. The molecular weight excluding hydrogens is 318 g/mol. The molecule has 0 aliphatic heterocycles. The van der Waals surface area contributed by atoms with Gasteiger partial charge in [0, 0.05) is 24.6 Å². The van der Waals surface area contributed by atoms with Crippen LogP contribution < -0.4 is 0 Å². The fourth-order valence-corrected chi connectivity index (χ4v) is 5.40. The van der Waals surface area contributed by atoms with Gasteiger partial charge in [-0.3, -0.25) is 0 Å². The highest BCUT2D eigenvalue weighted by atomic mass is 35.5. The smallest absolute Gasteiger partial charge is 0.252 e. The molecule has 0 radical (unpaired) electrons. The molecule has 1 aromatic heterocycles. The maximum Gasteiger partial charge on any atom is 0.252 e. The lowest BCUT2D eigenvalue weighted by atomic mass is 10.2. The summed E-state index contributed by atoms with van der Waals surface area (Å²) in [5, 5.41) is 0. The first-order chi connectivity index (χ1) is 9.51. The van der Waals surface area contributed by atoms with Crippen LogP contribution in [0.1, 0.15) is 31.6 Å². The maximum atomic E-state index is 12.8. The van der Waals surface area contributed by atoms with Crippen molar-refractivity contribution in [2.45, 2.75) is 42.8 Å². The van der Waals surface area contributed by atoms with E-state index >= 15 is 0 Å². The highest BCUT2D eigenvalue weighted by Gasteiger charge is 2.30. The fraction of sp³-hybridized carbons (Fsp3) is 0.692. The predicted octanol–water partition coefficient (Wildman–Crippen LogP) is 3.31. The molecule has 20 heavy (non-hydrogen) atoms. The Kier molecular flexibility index (Phi) is 7.47. The van der Waals surface area contributed by atoms with E-state index in [-0.39, 0.29) is 6.04 Å².